The summed E-state index contributed by atoms with van der Waals surface area (Å²) in [6.45, 7) is 6.63. The SMILES string of the molecule is C.COC[C@@H]1CN(c2ncnc(Nc3nc(-c4ccc(Cl)c(C(F)(F)F)c4)c(CN4[C@H](C)CC[C@H]4C)s3)c2F)CCN1CCC(=O)O. The molecule has 10 nitrogen and oxygen atoms in total. The average Bonchev–Trinajstić information content (AvgIpc) is 3.55. The summed E-state index contributed by atoms with van der Waals surface area (Å²) in [5.74, 6) is -1.65. The van der Waals surface area contributed by atoms with Crippen LogP contribution in [0.1, 0.15) is 51.0 Å². The van der Waals surface area contributed by atoms with E-state index in [9.17, 15) is 18.0 Å². The van der Waals surface area contributed by atoms with E-state index in [1.165, 1.54) is 29.8 Å². The van der Waals surface area contributed by atoms with Crippen LogP contribution in [0.5, 0.6) is 0 Å². The number of nitrogens with zero attached hydrogens (tertiary/aromatic N) is 6. The molecule has 258 valence electrons. The second-order valence-corrected chi connectivity index (χ2v) is 13.1. The number of likely N-dealkylation sites (tertiary alicyclic amines) is 1. The van der Waals surface area contributed by atoms with Gasteiger partial charge in [0.15, 0.2) is 16.8 Å². The van der Waals surface area contributed by atoms with Crippen molar-refractivity contribution in [3.05, 3.63) is 45.8 Å². The molecule has 2 aromatic heterocycles. The predicted molar refractivity (Wildman–Crippen MR) is 175 cm³/mol. The first-order valence-corrected chi connectivity index (χ1v) is 16.1. The Bertz CT molecular complexity index is 1540. The van der Waals surface area contributed by atoms with Gasteiger partial charge in [0.1, 0.15) is 6.33 Å². The smallest absolute Gasteiger partial charge is 0.417 e. The molecule has 0 radical (unpaired) electrons. The van der Waals surface area contributed by atoms with Gasteiger partial charge in [-0.15, -0.1) is 0 Å². The maximum atomic E-state index is 16.0. The summed E-state index contributed by atoms with van der Waals surface area (Å²) in [4.78, 5) is 30.9. The van der Waals surface area contributed by atoms with E-state index in [1.807, 2.05) is 4.90 Å². The number of methoxy groups -OCH3 is 1. The molecule has 0 saturated carbocycles. The summed E-state index contributed by atoms with van der Waals surface area (Å²) in [5.41, 5.74) is -0.343. The van der Waals surface area contributed by atoms with Crippen LogP contribution in [-0.2, 0) is 22.3 Å². The van der Waals surface area contributed by atoms with Crippen molar-refractivity contribution in [1.29, 1.82) is 0 Å². The van der Waals surface area contributed by atoms with Gasteiger partial charge in [-0.25, -0.2) is 15.0 Å². The lowest BCUT2D eigenvalue weighted by Gasteiger charge is -2.41. The van der Waals surface area contributed by atoms with Crippen molar-refractivity contribution in [3.8, 4) is 11.3 Å². The number of ether oxygens (including phenoxy) is 1. The highest BCUT2D eigenvalue weighted by Crippen LogP contribution is 2.41. The van der Waals surface area contributed by atoms with Gasteiger partial charge in [0.05, 0.1) is 35.3 Å². The molecule has 0 aliphatic carbocycles. The topological polar surface area (TPSA) is 107 Å². The monoisotopic (exact) mass is 701 g/mol. The van der Waals surface area contributed by atoms with Gasteiger partial charge in [-0.3, -0.25) is 14.6 Å². The van der Waals surface area contributed by atoms with E-state index in [-0.39, 0.29) is 54.3 Å². The molecule has 0 bridgehead atoms. The molecule has 3 atom stereocenters. The second-order valence-electron chi connectivity index (χ2n) is 11.7. The average molecular weight is 702 g/mol. The Balaban J connectivity index is 0.00000500. The van der Waals surface area contributed by atoms with Crippen molar-refractivity contribution in [2.75, 3.05) is 50.1 Å². The number of thiazole rings is 1. The molecule has 2 aliphatic rings. The molecular formula is C31H40ClF4N7O3S. The largest absolute Gasteiger partial charge is 0.481 e. The van der Waals surface area contributed by atoms with Gasteiger partial charge >= 0.3 is 12.1 Å². The number of rotatable bonds is 11. The first-order chi connectivity index (χ1) is 21.8. The fourth-order valence-electron chi connectivity index (χ4n) is 6.09. The van der Waals surface area contributed by atoms with Crippen LogP contribution in [0, 0.1) is 5.82 Å². The number of carbonyl (C=O) groups is 1. The molecule has 1 aromatic carbocycles. The van der Waals surface area contributed by atoms with Gasteiger partial charge in [0.2, 0.25) is 5.82 Å². The number of halogens is 5. The van der Waals surface area contributed by atoms with E-state index in [0.717, 1.165) is 23.8 Å². The Morgan fingerprint density at radius 2 is 1.91 bits per heavy atom. The molecular weight excluding hydrogens is 662 g/mol. The van der Waals surface area contributed by atoms with Crippen LogP contribution in [-0.4, -0.2) is 93.8 Å². The van der Waals surface area contributed by atoms with Crippen molar-refractivity contribution in [3.63, 3.8) is 0 Å². The molecule has 2 fully saturated rings. The van der Waals surface area contributed by atoms with Gasteiger partial charge in [-0.2, -0.15) is 17.6 Å². The van der Waals surface area contributed by atoms with E-state index in [4.69, 9.17) is 21.4 Å². The standard InChI is InChI=1S/C30H36ClF4N7O3S.CH4/c1-17-4-5-18(2)42(17)14-23-26(19-6-7-22(31)21(12-19)30(33,34)35)38-29(46-23)39-27-25(32)28(37-16-36-27)41-11-10-40(9-8-24(43)44)20(13-41)15-45-3;/h6-7,12,16-18,20H,4-5,8-11,13-15H2,1-3H3,(H,43,44)(H,36,37,38,39);1H4/t17-,18-,20+;/m1./s1. The summed E-state index contributed by atoms with van der Waals surface area (Å²) in [6, 6.07) is 4.11. The molecule has 4 heterocycles. The molecule has 5 rings (SSSR count). The number of anilines is 3. The van der Waals surface area contributed by atoms with Crippen LogP contribution in [0.2, 0.25) is 5.02 Å². The lowest BCUT2D eigenvalue weighted by Crippen LogP contribution is -2.55. The van der Waals surface area contributed by atoms with Gasteiger partial charge in [-0.1, -0.05) is 36.4 Å². The molecule has 0 spiro atoms. The van der Waals surface area contributed by atoms with E-state index >= 15 is 4.39 Å². The minimum Gasteiger partial charge on any atom is -0.481 e. The summed E-state index contributed by atoms with van der Waals surface area (Å²) in [6.07, 6.45) is -1.41. The number of benzene rings is 1. The van der Waals surface area contributed by atoms with E-state index in [0.29, 0.717) is 45.0 Å². The number of aliphatic carboxylic acids is 1. The Hall–Kier alpha value is -3.11. The normalized spacial score (nSPS) is 20.8. The van der Waals surface area contributed by atoms with Crippen molar-refractivity contribution in [2.24, 2.45) is 0 Å². The minimum atomic E-state index is -4.65. The molecule has 0 amide bonds. The van der Waals surface area contributed by atoms with Crippen molar-refractivity contribution < 1.29 is 32.2 Å². The number of nitrogens with one attached hydrogen (secondary N) is 1. The zero-order chi connectivity index (χ0) is 33.2. The van der Waals surface area contributed by atoms with Crippen LogP contribution in [0.25, 0.3) is 11.3 Å². The summed E-state index contributed by atoms with van der Waals surface area (Å²) in [7, 11) is 1.55. The van der Waals surface area contributed by atoms with Crippen LogP contribution in [0.3, 0.4) is 0 Å². The minimum absolute atomic E-state index is 0. The molecule has 16 heteroatoms. The number of carboxylic acids is 1. The maximum Gasteiger partial charge on any atom is 0.417 e. The lowest BCUT2D eigenvalue weighted by molar-refractivity contribution is -0.138. The van der Waals surface area contributed by atoms with Gasteiger partial charge in [0, 0.05) is 62.4 Å². The fourth-order valence-corrected chi connectivity index (χ4v) is 7.31. The van der Waals surface area contributed by atoms with Crippen LogP contribution < -0.4 is 10.2 Å². The van der Waals surface area contributed by atoms with Crippen molar-refractivity contribution in [1.82, 2.24) is 24.8 Å². The lowest BCUT2D eigenvalue weighted by atomic mass is 10.1. The number of hydrogen-bond acceptors (Lipinski definition) is 10. The van der Waals surface area contributed by atoms with E-state index in [2.05, 4.69) is 39.0 Å². The highest BCUT2D eigenvalue weighted by atomic mass is 35.5. The third-order valence-electron chi connectivity index (χ3n) is 8.58. The van der Waals surface area contributed by atoms with Gasteiger partial charge in [0.25, 0.3) is 0 Å². The predicted octanol–water partition coefficient (Wildman–Crippen LogP) is 6.78. The number of piperazine rings is 1. The number of aromatic nitrogens is 3. The number of carboxylic acid groups (broad SMARTS) is 1. The molecule has 47 heavy (non-hydrogen) atoms. The Morgan fingerprint density at radius 1 is 1.19 bits per heavy atom. The number of hydrogen-bond donors (Lipinski definition) is 2. The molecule has 2 N–H and O–H groups in total. The van der Waals surface area contributed by atoms with Crippen molar-refractivity contribution >= 4 is 45.7 Å². The molecule has 3 aromatic rings. The Morgan fingerprint density at radius 3 is 2.57 bits per heavy atom. The second kappa shape index (κ2) is 15.4. The summed E-state index contributed by atoms with van der Waals surface area (Å²) >= 11 is 7.14. The third-order valence-corrected chi connectivity index (χ3v) is 9.86. The maximum absolute atomic E-state index is 16.0. The molecule has 0 unspecified atom stereocenters. The summed E-state index contributed by atoms with van der Waals surface area (Å²) in [5, 5.41) is 11.9. The summed E-state index contributed by atoms with van der Waals surface area (Å²) < 4.78 is 62.6. The Labute approximate surface area is 280 Å². The van der Waals surface area contributed by atoms with E-state index < -0.39 is 28.5 Å². The third kappa shape index (κ3) is 8.49. The van der Waals surface area contributed by atoms with Crippen LogP contribution in [0.15, 0.2) is 24.5 Å². The highest BCUT2D eigenvalue weighted by Gasteiger charge is 2.35. The van der Waals surface area contributed by atoms with E-state index in [1.54, 1.807) is 12.0 Å². The quantitative estimate of drug-likeness (QED) is 0.208. The highest BCUT2D eigenvalue weighted by molar-refractivity contribution is 7.16. The molecule has 2 aliphatic heterocycles. The number of alkyl halides is 3. The van der Waals surface area contributed by atoms with Gasteiger partial charge < -0.3 is 20.1 Å². The van der Waals surface area contributed by atoms with Crippen LogP contribution in [0.4, 0.5) is 34.3 Å². The zero-order valence-corrected chi connectivity index (χ0v) is 27.2. The first-order valence-electron chi connectivity index (χ1n) is 15.0. The Kier molecular flexibility index (Phi) is 12.0. The van der Waals surface area contributed by atoms with Gasteiger partial charge in [-0.05, 0) is 38.8 Å². The fraction of sp³-hybridized carbons (Fsp3) is 0.548. The first kappa shape index (κ1) is 36.7. The van der Waals surface area contributed by atoms with Crippen LogP contribution >= 0.6 is 22.9 Å². The zero-order valence-electron chi connectivity index (χ0n) is 25.7. The molecule has 2 saturated heterocycles. The van der Waals surface area contributed by atoms with Crippen molar-refractivity contribution in [2.45, 2.75) is 71.4 Å².